The number of carbonyl (C=O) groups is 3. The van der Waals surface area contributed by atoms with E-state index in [9.17, 15) is 14.4 Å². The van der Waals surface area contributed by atoms with Crippen LogP contribution < -0.4 is 16.0 Å². The van der Waals surface area contributed by atoms with Gasteiger partial charge in [0, 0.05) is 30.8 Å². The van der Waals surface area contributed by atoms with E-state index in [1.165, 1.54) is 5.56 Å². The third-order valence-electron chi connectivity index (χ3n) is 4.17. The topological polar surface area (TPSA) is 96.5 Å². The van der Waals surface area contributed by atoms with Gasteiger partial charge >= 0.3 is 6.09 Å². The van der Waals surface area contributed by atoms with Crippen LogP contribution in [0.25, 0.3) is 0 Å². The van der Waals surface area contributed by atoms with Gasteiger partial charge < -0.3 is 20.7 Å². The van der Waals surface area contributed by atoms with Crippen LogP contribution in [0.3, 0.4) is 0 Å². The third kappa shape index (κ3) is 9.80. The van der Waals surface area contributed by atoms with Crippen LogP contribution in [0.15, 0.2) is 48.5 Å². The van der Waals surface area contributed by atoms with E-state index in [1.54, 1.807) is 45.0 Å². The lowest BCUT2D eigenvalue weighted by Gasteiger charge is -2.19. The highest BCUT2D eigenvalue weighted by atomic mass is 16.6. The van der Waals surface area contributed by atoms with Gasteiger partial charge in [-0.2, -0.15) is 0 Å². The fraction of sp³-hybridized carbons (Fsp3) is 0.375. The first kappa shape index (κ1) is 23.9. The Bertz CT molecular complexity index is 919. The smallest absolute Gasteiger partial charge is 0.407 e. The minimum atomic E-state index is -0.586. The zero-order chi connectivity index (χ0) is 22.9. The molecule has 3 N–H and O–H groups in total. The van der Waals surface area contributed by atoms with E-state index in [0.29, 0.717) is 24.2 Å². The first-order chi connectivity index (χ1) is 14.6. The van der Waals surface area contributed by atoms with E-state index in [4.69, 9.17) is 4.74 Å². The van der Waals surface area contributed by atoms with Crippen molar-refractivity contribution in [3.63, 3.8) is 0 Å². The number of rotatable bonds is 8. The maximum Gasteiger partial charge on any atom is 0.407 e. The molecule has 0 radical (unpaired) electrons. The summed E-state index contributed by atoms with van der Waals surface area (Å²) in [6.45, 7) is 7.50. The molecule has 0 fully saturated rings. The Morgan fingerprint density at radius 1 is 0.871 bits per heavy atom. The van der Waals surface area contributed by atoms with Gasteiger partial charge in [-0.05, 0) is 57.9 Å². The van der Waals surface area contributed by atoms with Crippen molar-refractivity contribution in [3.8, 4) is 0 Å². The summed E-state index contributed by atoms with van der Waals surface area (Å²) in [7, 11) is 0. The summed E-state index contributed by atoms with van der Waals surface area (Å²) < 4.78 is 5.12. The van der Waals surface area contributed by atoms with Crippen molar-refractivity contribution in [2.75, 3.05) is 17.2 Å². The van der Waals surface area contributed by atoms with E-state index in [-0.39, 0.29) is 24.8 Å². The molecule has 7 nitrogen and oxygen atoms in total. The number of nitrogens with one attached hydrogen (secondary N) is 3. The molecule has 0 aliphatic rings. The number of alkyl carbamates (subject to hydrolysis) is 1. The van der Waals surface area contributed by atoms with E-state index in [1.807, 2.05) is 25.1 Å². The molecule has 0 bridgehead atoms. The Kier molecular flexibility index (Phi) is 8.61. The molecule has 0 saturated carbocycles. The van der Waals surface area contributed by atoms with Crippen molar-refractivity contribution in [2.45, 2.75) is 52.6 Å². The number of aryl methyl sites for hydroxylation is 2. The lowest BCUT2D eigenvalue weighted by atomic mass is 10.1. The predicted octanol–water partition coefficient (Wildman–Crippen LogP) is 4.42. The van der Waals surface area contributed by atoms with Gasteiger partial charge in [0.05, 0.1) is 0 Å². The van der Waals surface area contributed by atoms with Gasteiger partial charge in [-0.25, -0.2) is 4.79 Å². The maximum absolute atomic E-state index is 12.3. The molecule has 31 heavy (non-hydrogen) atoms. The van der Waals surface area contributed by atoms with Crippen LogP contribution in [-0.4, -0.2) is 30.1 Å². The number of ether oxygens (including phenoxy) is 1. The molecule has 2 aromatic carbocycles. The van der Waals surface area contributed by atoms with Crippen LogP contribution in [0.5, 0.6) is 0 Å². The SMILES string of the molecule is Cc1cccc(CCC(=O)Nc2cccc(NC(=O)CCNC(=O)OC(C)(C)C)c2)c1. The number of benzene rings is 2. The van der Waals surface area contributed by atoms with Crippen LogP contribution in [0.4, 0.5) is 16.2 Å². The zero-order valence-electron chi connectivity index (χ0n) is 18.6. The maximum atomic E-state index is 12.3. The third-order valence-corrected chi connectivity index (χ3v) is 4.17. The second kappa shape index (κ2) is 11.2. The van der Waals surface area contributed by atoms with Gasteiger partial charge in [0.2, 0.25) is 11.8 Å². The first-order valence-electron chi connectivity index (χ1n) is 10.3. The second-order valence-electron chi connectivity index (χ2n) is 8.34. The summed E-state index contributed by atoms with van der Waals surface area (Å²) in [5, 5.41) is 8.16. The van der Waals surface area contributed by atoms with Gasteiger partial charge in [-0.1, -0.05) is 35.9 Å². The highest BCUT2D eigenvalue weighted by Gasteiger charge is 2.16. The molecule has 0 saturated heterocycles. The molecule has 166 valence electrons. The second-order valence-corrected chi connectivity index (χ2v) is 8.34. The highest BCUT2D eigenvalue weighted by Crippen LogP contribution is 2.16. The minimum Gasteiger partial charge on any atom is -0.444 e. The molecule has 0 unspecified atom stereocenters. The van der Waals surface area contributed by atoms with Gasteiger partial charge in [0.15, 0.2) is 0 Å². The number of anilines is 2. The van der Waals surface area contributed by atoms with Crippen molar-refractivity contribution >= 4 is 29.3 Å². The van der Waals surface area contributed by atoms with E-state index in [2.05, 4.69) is 22.0 Å². The average Bonchev–Trinajstić information content (AvgIpc) is 2.65. The van der Waals surface area contributed by atoms with E-state index in [0.717, 1.165) is 5.56 Å². The Morgan fingerprint density at radius 3 is 2.10 bits per heavy atom. The molecule has 0 heterocycles. The van der Waals surface area contributed by atoms with Crippen molar-refractivity contribution in [1.29, 1.82) is 0 Å². The Balaban J connectivity index is 1.77. The number of carbonyl (C=O) groups excluding carboxylic acids is 3. The molecule has 0 aromatic heterocycles. The number of hydrogen-bond donors (Lipinski definition) is 3. The molecule has 3 amide bonds. The predicted molar refractivity (Wildman–Crippen MR) is 122 cm³/mol. The first-order valence-corrected chi connectivity index (χ1v) is 10.3. The van der Waals surface area contributed by atoms with Crippen LogP contribution in [-0.2, 0) is 20.7 Å². The highest BCUT2D eigenvalue weighted by molar-refractivity contribution is 5.94. The van der Waals surface area contributed by atoms with Crippen molar-refractivity contribution in [3.05, 3.63) is 59.7 Å². The summed E-state index contributed by atoms with van der Waals surface area (Å²) in [5.74, 6) is -0.342. The summed E-state index contributed by atoms with van der Waals surface area (Å²) in [6.07, 6.45) is 0.577. The minimum absolute atomic E-state index is 0.0912. The van der Waals surface area contributed by atoms with E-state index < -0.39 is 11.7 Å². The van der Waals surface area contributed by atoms with Crippen LogP contribution in [0.1, 0.15) is 44.7 Å². The number of amides is 3. The van der Waals surface area contributed by atoms with Crippen LogP contribution >= 0.6 is 0 Å². The van der Waals surface area contributed by atoms with Crippen molar-refractivity contribution in [2.24, 2.45) is 0 Å². The molecular formula is C24H31N3O4. The fourth-order valence-corrected chi connectivity index (χ4v) is 2.84. The van der Waals surface area contributed by atoms with Crippen LogP contribution in [0.2, 0.25) is 0 Å². The van der Waals surface area contributed by atoms with Gasteiger partial charge in [-0.3, -0.25) is 9.59 Å². The molecular weight excluding hydrogens is 394 g/mol. The number of hydrogen-bond acceptors (Lipinski definition) is 4. The summed E-state index contributed by atoms with van der Waals surface area (Å²) in [5.41, 5.74) is 2.88. The van der Waals surface area contributed by atoms with Gasteiger partial charge in [0.25, 0.3) is 0 Å². The summed E-state index contributed by atoms with van der Waals surface area (Å²) in [6, 6.07) is 15.0. The average molecular weight is 426 g/mol. The monoisotopic (exact) mass is 425 g/mol. The Morgan fingerprint density at radius 2 is 1.48 bits per heavy atom. The molecule has 0 spiro atoms. The van der Waals surface area contributed by atoms with Gasteiger partial charge in [-0.15, -0.1) is 0 Å². The van der Waals surface area contributed by atoms with Crippen molar-refractivity contribution < 1.29 is 19.1 Å². The standard InChI is InChI=1S/C24H31N3O4/c1-17-7-5-8-18(15-17)11-12-21(28)26-19-9-6-10-20(16-19)27-22(29)13-14-25-23(30)31-24(2,3)4/h5-10,15-16H,11-14H2,1-4H3,(H,25,30)(H,26,28)(H,27,29). The lowest BCUT2D eigenvalue weighted by Crippen LogP contribution is -2.34. The molecule has 2 aromatic rings. The molecule has 0 aliphatic carbocycles. The van der Waals surface area contributed by atoms with Crippen LogP contribution in [0, 0.1) is 6.92 Å². The molecule has 0 atom stereocenters. The zero-order valence-corrected chi connectivity index (χ0v) is 18.6. The molecule has 0 aliphatic heterocycles. The van der Waals surface area contributed by atoms with E-state index >= 15 is 0 Å². The quantitative estimate of drug-likeness (QED) is 0.583. The molecule has 7 heteroatoms. The van der Waals surface area contributed by atoms with Gasteiger partial charge in [0.1, 0.15) is 5.60 Å². The molecule has 2 rings (SSSR count). The lowest BCUT2D eigenvalue weighted by molar-refractivity contribution is -0.116. The summed E-state index contributed by atoms with van der Waals surface area (Å²) in [4.78, 5) is 36.0. The normalized spacial score (nSPS) is 10.8. The Hall–Kier alpha value is -3.35. The van der Waals surface area contributed by atoms with Crippen molar-refractivity contribution in [1.82, 2.24) is 5.32 Å². The largest absolute Gasteiger partial charge is 0.444 e. The summed E-state index contributed by atoms with van der Waals surface area (Å²) >= 11 is 0. The fourth-order valence-electron chi connectivity index (χ4n) is 2.84. The Labute approximate surface area is 183 Å².